The van der Waals surface area contributed by atoms with E-state index in [1.54, 1.807) is 57.2 Å². The van der Waals surface area contributed by atoms with E-state index in [0.717, 1.165) is 24.3 Å². The lowest BCUT2D eigenvalue weighted by Crippen LogP contribution is -2.05. The topological polar surface area (TPSA) is 330 Å². The van der Waals surface area contributed by atoms with E-state index < -0.39 is 60.1 Å². The van der Waals surface area contributed by atoms with Crippen LogP contribution in [0.25, 0.3) is 21.5 Å². The number of nitrogens with one attached hydrogen (secondary N) is 2. The fraction of sp³-hybridized carbons (Fsp3) is 0.0789. The predicted octanol–water partition coefficient (Wildman–Crippen LogP) is 8.41. The third kappa shape index (κ3) is 10.0. The monoisotopic (exact) mass is 933 g/mol. The molecular weight excluding hydrogens is 903 g/mol. The molecule has 0 aliphatic carbocycles. The molecule has 0 radical (unpaired) electrons. The maximum atomic E-state index is 12.2. The standard InChI is InChI=1S/C38H31N9O12S4/c1-20-14-23(10-12-31(20)46-44-25-16-29-27(35(18-25)62(54,55)56)6-4-8-33(29)60(48,49)50)41-37-39-22(3)40-38(43-37)42-24-11-13-32(21(2)15-24)47-45-26-17-30-28(36(19-26)63(57,58)59)7-5-9-34(30)61(51,52)53/h4-19H,1-3H3,(H,48,49,50)(H,51,52,53)(H,54,55,56)(H,57,58,59)(H2,39,40,41,42,43)/b46-44+,47-45+. The summed E-state index contributed by atoms with van der Waals surface area (Å²) in [6.45, 7) is 5.09. The van der Waals surface area contributed by atoms with Gasteiger partial charge < -0.3 is 10.6 Å². The maximum absolute atomic E-state index is 12.2. The van der Waals surface area contributed by atoms with Crippen molar-refractivity contribution < 1.29 is 51.9 Å². The molecule has 0 atom stereocenters. The zero-order chi connectivity index (χ0) is 45.6. The molecule has 324 valence electrons. The average molecular weight is 934 g/mol. The van der Waals surface area contributed by atoms with Crippen LogP contribution in [0.5, 0.6) is 0 Å². The number of fused-ring (bicyclic) bond motifs is 2. The van der Waals surface area contributed by atoms with Gasteiger partial charge in [0.1, 0.15) is 25.4 Å². The van der Waals surface area contributed by atoms with Crippen molar-refractivity contribution in [1.82, 2.24) is 15.0 Å². The molecule has 0 unspecified atom stereocenters. The Labute approximate surface area is 358 Å². The number of benzene rings is 6. The van der Waals surface area contributed by atoms with Crippen molar-refractivity contribution in [1.29, 1.82) is 0 Å². The van der Waals surface area contributed by atoms with Crippen molar-refractivity contribution in [2.75, 3.05) is 10.6 Å². The molecule has 0 bridgehead atoms. The van der Waals surface area contributed by atoms with Gasteiger partial charge in [-0.3, -0.25) is 18.2 Å². The molecule has 0 spiro atoms. The van der Waals surface area contributed by atoms with Gasteiger partial charge in [-0.25, -0.2) is 0 Å². The highest BCUT2D eigenvalue weighted by Gasteiger charge is 2.23. The molecule has 1 heterocycles. The minimum atomic E-state index is -4.85. The van der Waals surface area contributed by atoms with Crippen molar-refractivity contribution in [2.24, 2.45) is 20.5 Å². The van der Waals surface area contributed by atoms with Crippen LogP contribution in [0.15, 0.2) is 137 Å². The largest absolute Gasteiger partial charge is 0.324 e. The van der Waals surface area contributed by atoms with Gasteiger partial charge in [-0.05, 0) is 105 Å². The number of azo groups is 2. The number of anilines is 4. The summed E-state index contributed by atoms with van der Waals surface area (Å²) >= 11 is 0. The molecule has 63 heavy (non-hydrogen) atoms. The van der Waals surface area contributed by atoms with E-state index in [4.69, 9.17) is 0 Å². The summed E-state index contributed by atoms with van der Waals surface area (Å²) < 4.78 is 136. The van der Waals surface area contributed by atoms with Gasteiger partial charge in [0.2, 0.25) is 11.9 Å². The van der Waals surface area contributed by atoms with Crippen LogP contribution in [0.3, 0.4) is 0 Å². The van der Waals surface area contributed by atoms with Crippen LogP contribution in [0.1, 0.15) is 17.0 Å². The molecular formula is C38H31N9O12S4. The second-order valence-corrected chi connectivity index (χ2v) is 19.2. The number of hydrogen-bond acceptors (Lipinski definition) is 17. The van der Waals surface area contributed by atoms with Crippen LogP contribution in [0, 0.1) is 20.8 Å². The van der Waals surface area contributed by atoms with Gasteiger partial charge in [0, 0.05) is 32.9 Å². The molecule has 0 aliphatic rings. The quantitative estimate of drug-likeness (QED) is 0.0494. The molecule has 0 fully saturated rings. The van der Waals surface area contributed by atoms with Crippen molar-refractivity contribution in [2.45, 2.75) is 40.4 Å². The van der Waals surface area contributed by atoms with Crippen LogP contribution in [-0.4, -0.2) is 66.8 Å². The van der Waals surface area contributed by atoms with Gasteiger partial charge in [-0.2, -0.15) is 69.1 Å². The lowest BCUT2D eigenvalue weighted by molar-refractivity contribution is 0.481. The maximum Gasteiger partial charge on any atom is 0.295 e. The number of rotatable bonds is 12. The Morgan fingerprint density at radius 2 is 0.810 bits per heavy atom. The molecule has 0 aliphatic heterocycles. The number of aromatic nitrogens is 3. The number of aryl methyl sites for hydroxylation is 3. The molecule has 1 aromatic heterocycles. The van der Waals surface area contributed by atoms with Gasteiger partial charge in [-0.15, -0.1) is 0 Å². The molecule has 6 N–H and O–H groups in total. The average Bonchev–Trinajstić information content (AvgIpc) is 3.17. The Balaban J connectivity index is 1.09. The molecule has 21 nitrogen and oxygen atoms in total. The summed E-state index contributed by atoms with van der Waals surface area (Å²) in [4.78, 5) is 10.7. The molecule has 6 aromatic carbocycles. The fourth-order valence-electron chi connectivity index (χ4n) is 6.38. The Bertz CT molecular complexity index is 3340. The van der Waals surface area contributed by atoms with E-state index >= 15 is 0 Å². The molecule has 0 saturated carbocycles. The molecule has 7 rings (SSSR count). The van der Waals surface area contributed by atoms with E-state index in [1.807, 2.05) is 0 Å². The zero-order valence-corrected chi connectivity index (χ0v) is 35.8. The zero-order valence-electron chi connectivity index (χ0n) is 32.6. The van der Waals surface area contributed by atoms with Crippen LogP contribution in [0.4, 0.5) is 46.0 Å². The Kier molecular flexibility index (Phi) is 11.6. The van der Waals surface area contributed by atoms with Gasteiger partial charge in [-0.1, -0.05) is 24.3 Å². The second kappa shape index (κ2) is 16.5. The van der Waals surface area contributed by atoms with Crippen molar-refractivity contribution in [3.05, 3.63) is 114 Å². The fourth-order valence-corrected chi connectivity index (χ4v) is 9.22. The van der Waals surface area contributed by atoms with E-state index in [9.17, 15) is 51.9 Å². The summed E-state index contributed by atoms with van der Waals surface area (Å²) in [5.41, 5.74) is 2.70. The summed E-state index contributed by atoms with van der Waals surface area (Å²) in [6.07, 6.45) is 0. The normalized spacial score (nSPS) is 12.7. The van der Waals surface area contributed by atoms with Crippen molar-refractivity contribution >= 4 is 108 Å². The first kappa shape index (κ1) is 44.3. The van der Waals surface area contributed by atoms with Gasteiger partial charge >= 0.3 is 0 Å². The highest BCUT2D eigenvalue weighted by molar-refractivity contribution is 7.87. The summed E-state index contributed by atoms with van der Waals surface area (Å²) in [6, 6.07) is 21.4. The van der Waals surface area contributed by atoms with Gasteiger partial charge in [0.15, 0.2) is 0 Å². The van der Waals surface area contributed by atoms with Crippen molar-refractivity contribution in [3.63, 3.8) is 0 Å². The van der Waals surface area contributed by atoms with E-state index in [0.29, 0.717) is 39.7 Å². The molecule has 7 aromatic rings. The minimum absolute atomic E-state index is 0.125. The van der Waals surface area contributed by atoms with Gasteiger partial charge in [0.05, 0.1) is 22.7 Å². The highest BCUT2D eigenvalue weighted by Crippen LogP contribution is 2.36. The summed E-state index contributed by atoms with van der Waals surface area (Å²) in [5.74, 6) is 0.690. The minimum Gasteiger partial charge on any atom is -0.324 e. The first-order chi connectivity index (χ1) is 29.4. The van der Waals surface area contributed by atoms with E-state index in [-0.39, 0.29) is 44.8 Å². The predicted molar refractivity (Wildman–Crippen MR) is 229 cm³/mol. The summed E-state index contributed by atoms with van der Waals surface area (Å²) in [5, 5.41) is 22.0. The Hall–Kier alpha value is -6.71. The van der Waals surface area contributed by atoms with Crippen LogP contribution >= 0.6 is 0 Å². The third-order valence-corrected chi connectivity index (χ3v) is 12.7. The Morgan fingerprint density at radius 3 is 1.16 bits per heavy atom. The second-order valence-electron chi connectivity index (χ2n) is 13.7. The lowest BCUT2D eigenvalue weighted by Gasteiger charge is -2.11. The smallest absolute Gasteiger partial charge is 0.295 e. The highest BCUT2D eigenvalue weighted by atomic mass is 32.2. The first-order valence-electron chi connectivity index (χ1n) is 17.8. The molecule has 25 heteroatoms. The number of hydrogen-bond donors (Lipinski definition) is 6. The van der Waals surface area contributed by atoms with Crippen LogP contribution < -0.4 is 10.6 Å². The van der Waals surface area contributed by atoms with Crippen LogP contribution in [0.2, 0.25) is 0 Å². The molecule has 0 amide bonds. The number of nitrogens with zero attached hydrogens (tertiary/aromatic N) is 7. The molecule has 0 saturated heterocycles. The van der Waals surface area contributed by atoms with E-state index in [1.165, 1.54) is 36.4 Å². The van der Waals surface area contributed by atoms with Crippen LogP contribution in [-0.2, 0) is 40.5 Å². The first-order valence-corrected chi connectivity index (χ1v) is 23.5. The van der Waals surface area contributed by atoms with Crippen molar-refractivity contribution in [3.8, 4) is 0 Å². The SMILES string of the molecule is Cc1nc(Nc2ccc(/N=N/c3cc(S(=O)(=O)O)c4cccc(S(=O)(=O)O)c4c3)c(C)c2)nc(Nc2ccc(/N=N/c3cc(S(=O)(=O)O)c4cccc(S(=O)(=O)O)c4c3)c(C)c2)n1. The summed E-state index contributed by atoms with van der Waals surface area (Å²) in [7, 11) is -19.3. The van der Waals surface area contributed by atoms with Gasteiger partial charge in [0.25, 0.3) is 40.5 Å². The lowest BCUT2D eigenvalue weighted by atomic mass is 10.1. The van der Waals surface area contributed by atoms with E-state index in [2.05, 4.69) is 46.0 Å². The third-order valence-electron chi connectivity index (χ3n) is 9.12. The Morgan fingerprint density at radius 1 is 0.429 bits per heavy atom.